The number of ether oxygens (including phenoxy) is 2. The molecule has 226 valence electrons. The van der Waals surface area contributed by atoms with Crippen LogP contribution in [0.25, 0.3) is 0 Å². The number of nitrogens with zero attached hydrogens (tertiary/aromatic N) is 3. The molecule has 42 heavy (non-hydrogen) atoms. The molecule has 4 fully saturated rings. The minimum absolute atomic E-state index is 0.173. The van der Waals surface area contributed by atoms with Crippen LogP contribution >= 0.6 is 0 Å². The maximum absolute atomic E-state index is 14.3. The molecule has 2 aromatic rings. The highest BCUT2D eigenvalue weighted by Gasteiger charge is 2.62. The normalized spacial score (nSPS) is 27.7. The quantitative estimate of drug-likeness (QED) is 0.373. The number of fused-ring (bicyclic) bond motifs is 1. The average Bonchev–Trinajstić information content (AvgIpc) is 3.37. The van der Waals surface area contributed by atoms with Gasteiger partial charge in [-0.25, -0.2) is 14.8 Å². The second-order valence-electron chi connectivity index (χ2n) is 12.1. The van der Waals surface area contributed by atoms with Gasteiger partial charge in [0.05, 0.1) is 12.2 Å². The van der Waals surface area contributed by atoms with Gasteiger partial charge in [-0.05, 0) is 98.8 Å². The number of benzene rings is 1. The molecule has 4 bridgehead atoms. The van der Waals surface area contributed by atoms with Crippen molar-refractivity contribution in [1.82, 2.24) is 15.3 Å². The standard InChI is InChI=1S/C30H35F3N4O5/c1-41-8-2-3-9-42-22-4-5-24-19(15-22)6-7-37(24)28-34-16-23(25(35-28)30(31,32)33)26(38)36-29(27(39)40)20-11-17-10-18(13-20)14-21(29)12-17/h4-5,15-18,20-21H,2-3,6-14H2,1H3,(H,36,38)(H,39,40). The molecule has 0 radical (unpaired) electrons. The fraction of sp³-hybridized carbons (Fsp3) is 0.600. The van der Waals surface area contributed by atoms with Gasteiger partial charge in [0, 0.05) is 32.1 Å². The highest BCUT2D eigenvalue weighted by Crippen LogP contribution is 2.58. The minimum atomic E-state index is -4.95. The molecule has 2 N–H and O–H groups in total. The van der Waals surface area contributed by atoms with Gasteiger partial charge >= 0.3 is 12.1 Å². The van der Waals surface area contributed by atoms with E-state index >= 15 is 0 Å². The summed E-state index contributed by atoms with van der Waals surface area (Å²) < 4.78 is 53.8. The lowest BCUT2D eigenvalue weighted by Gasteiger charge is -2.59. The van der Waals surface area contributed by atoms with E-state index in [1.807, 2.05) is 6.07 Å². The number of aliphatic carboxylic acids is 1. The van der Waals surface area contributed by atoms with E-state index in [1.54, 1.807) is 24.1 Å². The Morgan fingerprint density at radius 1 is 1.10 bits per heavy atom. The van der Waals surface area contributed by atoms with Gasteiger partial charge in [-0.3, -0.25) is 4.79 Å². The Morgan fingerprint density at radius 3 is 2.43 bits per heavy atom. The topological polar surface area (TPSA) is 114 Å². The van der Waals surface area contributed by atoms with Gasteiger partial charge in [0.15, 0.2) is 5.69 Å². The Hall–Kier alpha value is -3.41. The first-order chi connectivity index (χ1) is 20.1. The molecule has 5 aliphatic rings. The Labute approximate surface area is 241 Å². The van der Waals surface area contributed by atoms with Crippen LogP contribution in [0.1, 0.15) is 66.6 Å². The lowest BCUT2D eigenvalue weighted by molar-refractivity contribution is -0.163. The number of methoxy groups -OCH3 is 1. The van der Waals surface area contributed by atoms with Crippen molar-refractivity contribution >= 4 is 23.5 Å². The number of nitrogens with one attached hydrogen (secondary N) is 1. The van der Waals surface area contributed by atoms with Gasteiger partial charge in [-0.1, -0.05) is 0 Å². The highest BCUT2D eigenvalue weighted by molar-refractivity contribution is 5.99. The molecule has 4 aliphatic carbocycles. The van der Waals surface area contributed by atoms with Gasteiger partial charge < -0.3 is 24.8 Å². The molecular weight excluding hydrogens is 553 g/mol. The third-order valence-corrected chi connectivity index (χ3v) is 9.59. The van der Waals surface area contributed by atoms with Crippen molar-refractivity contribution in [3.63, 3.8) is 0 Å². The lowest BCUT2D eigenvalue weighted by Crippen LogP contribution is -2.70. The summed E-state index contributed by atoms with van der Waals surface area (Å²) in [6.45, 7) is 1.55. The number of aromatic nitrogens is 2. The van der Waals surface area contributed by atoms with Gasteiger partial charge in [0.2, 0.25) is 5.95 Å². The number of alkyl halides is 3. The molecule has 1 aromatic heterocycles. The van der Waals surface area contributed by atoms with Crippen LogP contribution in [0, 0.1) is 23.7 Å². The van der Waals surface area contributed by atoms with E-state index in [-0.39, 0.29) is 17.8 Å². The summed E-state index contributed by atoms with van der Waals surface area (Å²) in [5.74, 6) is -1.55. The summed E-state index contributed by atoms with van der Waals surface area (Å²) >= 11 is 0. The number of anilines is 2. The molecule has 4 saturated carbocycles. The van der Waals surface area contributed by atoms with E-state index in [2.05, 4.69) is 15.3 Å². The molecule has 0 atom stereocenters. The van der Waals surface area contributed by atoms with Crippen LogP contribution in [-0.4, -0.2) is 59.4 Å². The zero-order valence-electron chi connectivity index (χ0n) is 23.5. The Balaban J connectivity index is 1.23. The molecule has 7 rings (SSSR count). The van der Waals surface area contributed by atoms with Crippen molar-refractivity contribution < 1.29 is 37.3 Å². The number of rotatable bonds is 10. The number of carboxylic acids is 1. The summed E-state index contributed by atoms with van der Waals surface area (Å²) in [6, 6.07) is 5.40. The summed E-state index contributed by atoms with van der Waals surface area (Å²) in [5.41, 5.74) is -2.15. The smallest absolute Gasteiger partial charge is 0.434 e. The van der Waals surface area contributed by atoms with Crippen LogP contribution < -0.4 is 15.0 Å². The lowest BCUT2D eigenvalue weighted by atomic mass is 9.48. The maximum Gasteiger partial charge on any atom is 0.434 e. The summed E-state index contributed by atoms with van der Waals surface area (Å²) in [6.07, 6.45) is 1.92. The van der Waals surface area contributed by atoms with E-state index in [1.165, 1.54) is 0 Å². The Bertz CT molecular complexity index is 1340. The first-order valence-electron chi connectivity index (χ1n) is 14.6. The largest absolute Gasteiger partial charge is 0.494 e. The third kappa shape index (κ3) is 5.07. The second-order valence-corrected chi connectivity index (χ2v) is 12.1. The molecule has 1 aliphatic heterocycles. The second kappa shape index (κ2) is 11.0. The van der Waals surface area contributed by atoms with Gasteiger partial charge in [-0.15, -0.1) is 0 Å². The number of amides is 1. The van der Waals surface area contributed by atoms with E-state index in [4.69, 9.17) is 9.47 Å². The third-order valence-electron chi connectivity index (χ3n) is 9.59. The van der Waals surface area contributed by atoms with Crippen LogP contribution in [-0.2, 0) is 22.1 Å². The molecular formula is C30H35F3N4O5. The molecule has 9 nitrogen and oxygen atoms in total. The zero-order valence-corrected chi connectivity index (χ0v) is 23.5. The van der Waals surface area contributed by atoms with Crippen molar-refractivity contribution in [2.24, 2.45) is 23.7 Å². The summed E-state index contributed by atoms with van der Waals surface area (Å²) in [4.78, 5) is 35.7. The predicted molar refractivity (Wildman–Crippen MR) is 146 cm³/mol. The molecule has 0 unspecified atom stereocenters. The fourth-order valence-electron chi connectivity index (χ4n) is 7.89. The van der Waals surface area contributed by atoms with E-state index in [9.17, 15) is 27.9 Å². The first kappa shape index (κ1) is 28.7. The summed E-state index contributed by atoms with van der Waals surface area (Å²) in [5, 5.41) is 12.9. The van der Waals surface area contributed by atoms with Crippen molar-refractivity contribution in [1.29, 1.82) is 0 Å². The van der Waals surface area contributed by atoms with E-state index < -0.39 is 34.8 Å². The number of carbonyl (C=O) groups is 2. The number of hydrogen-bond donors (Lipinski definition) is 2. The van der Waals surface area contributed by atoms with Crippen molar-refractivity contribution in [3.8, 4) is 5.75 Å². The summed E-state index contributed by atoms with van der Waals surface area (Å²) in [7, 11) is 1.65. The van der Waals surface area contributed by atoms with E-state index in [0.717, 1.165) is 31.0 Å². The Morgan fingerprint density at radius 2 is 1.79 bits per heavy atom. The number of carboxylic acid groups (broad SMARTS) is 1. The van der Waals surface area contributed by atoms with Crippen LogP contribution in [0.5, 0.6) is 5.75 Å². The SMILES string of the molecule is COCCCCOc1ccc2c(c1)CCN2c1ncc(C(=O)NC2(C(=O)O)C3CC4CC(C3)CC2C4)c(C(F)(F)F)n1. The minimum Gasteiger partial charge on any atom is -0.494 e. The van der Waals surface area contributed by atoms with E-state index in [0.29, 0.717) is 75.1 Å². The van der Waals surface area contributed by atoms with Crippen LogP contribution in [0.3, 0.4) is 0 Å². The maximum atomic E-state index is 14.3. The number of carbonyl (C=O) groups excluding carboxylic acids is 1. The van der Waals surface area contributed by atoms with Crippen molar-refractivity contribution in [2.45, 2.75) is 63.1 Å². The van der Waals surface area contributed by atoms with Crippen molar-refractivity contribution in [2.75, 3.05) is 31.8 Å². The Kier molecular flexibility index (Phi) is 7.53. The van der Waals surface area contributed by atoms with Crippen LogP contribution in [0.15, 0.2) is 24.4 Å². The molecule has 2 heterocycles. The van der Waals surface area contributed by atoms with Gasteiger partial charge in [-0.2, -0.15) is 13.2 Å². The van der Waals surface area contributed by atoms with Gasteiger partial charge in [0.25, 0.3) is 5.91 Å². The predicted octanol–water partition coefficient (Wildman–Crippen LogP) is 5.00. The molecule has 0 spiro atoms. The zero-order chi connectivity index (χ0) is 29.6. The average molecular weight is 589 g/mol. The number of halogens is 3. The number of hydrogen-bond acceptors (Lipinski definition) is 7. The van der Waals surface area contributed by atoms with Crippen LogP contribution in [0.4, 0.5) is 24.8 Å². The molecule has 1 amide bonds. The van der Waals surface area contributed by atoms with Crippen molar-refractivity contribution in [3.05, 3.63) is 41.2 Å². The fourth-order valence-corrected chi connectivity index (χ4v) is 7.89. The number of unbranched alkanes of at least 4 members (excludes halogenated alkanes) is 1. The van der Waals surface area contributed by atoms with Crippen LogP contribution in [0.2, 0.25) is 0 Å². The molecule has 12 heteroatoms. The highest BCUT2D eigenvalue weighted by atomic mass is 19.4. The monoisotopic (exact) mass is 588 g/mol. The molecule has 0 saturated heterocycles. The van der Waals surface area contributed by atoms with Gasteiger partial charge in [0.1, 0.15) is 11.3 Å². The molecule has 1 aromatic carbocycles. The first-order valence-corrected chi connectivity index (χ1v) is 14.6.